The molecule has 13 nitrogen and oxygen atoms in total. The molecule has 0 fully saturated rings. The molecule has 16 heteroatoms. The molecule has 0 unspecified atom stereocenters. The van der Waals surface area contributed by atoms with Gasteiger partial charge in [0.1, 0.15) is 11.6 Å². The summed E-state index contributed by atoms with van der Waals surface area (Å²) >= 11 is 0. The molecule has 0 amide bonds. The number of anilines is 1. The van der Waals surface area contributed by atoms with Crippen LogP contribution in [0.3, 0.4) is 0 Å². The van der Waals surface area contributed by atoms with Crippen molar-refractivity contribution >= 4 is 36.2 Å². The van der Waals surface area contributed by atoms with Crippen LogP contribution in [0.5, 0.6) is 0 Å². The first-order valence-corrected chi connectivity index (χ1v) is 13.2. The summed E-state index contributed by atoms with van der Waals surface area (Å²) in [4.78, 5) is 12.3. The SMILES string of the molecule is CS(=O)(=O)NCCCc1nc(CCCS(=O)(=O)O)nc(NCCS(=O)(=O)O)n1. The summed E-state index contributed by atoms with van der Waals surface area (Å²) in [5.74, 6) is -0.491. The van der Waals surface area contributed by atoms with Crippen molar-refractivity contribution in [2.24, 2.45) is 0 Å². The van der Waals surface area contributed by atoms with Crippen LogP contribution in [0.1, 0.15) is 24.5 Å². The highest BCUT2D eigenvalue weighted by molar-refractivity contribution is 7.88. The van der Waals surface area contributed by atoms with E-state index in [0.29, 0.717) is 12.2 Å². The third-order valence-corrected chi connectivity index (χ3v) is 5.37. The molecule has 0 aliphatic heterocycles. The summed E-state index contributed by atoms with van der Waals surface area (Å²) in [6, 6.07) is 0. The summed E-state index contributed by atoms with van der Waals surface area (Å²) in [5.41, 5.74) is 0. The van der Waals surface area contributed by atoms with Gasteiger partial charge in [-0.2, -0.15) is 26.8 Å². The topological polar surface area (TPSA) is 206 Å². The minimum Gasteiger partial charge on any atom is -0.353 e. The van der Waals surface area contributed by atoms with Crippen LogP contribution in [0.4, 0.5) is 5.95 Å². The fourth-order valence-electron chi connectivity index (χ4n) is 1.98. The number of nitrogens with one attached hydrogen (secondary N) is 2. The van der Waals surface area contributed by atoms with Gasteiger partial charge in [-0.15, -0.1) is 0 Å². The van der Waals surface area contributed by atoms with E-state index in [0.717, 1.165) is 6.26 Å². The zero-order chi connectivity index (χ0) is 21.4. The van der Waals surface area contributed by atoms with Crippen molar-refractivity contribution < 1.29 is 34.4 Å². The first-order chi connectivity index (χ1) is 12.7. The number of aryl methyl sites for hydroxylation is 2. The number of rotatable bonds is 13. The van der Waals surface area contributed by atoms with Gasteiger partial charge in [0.2, 0.25) is 16.0 Å². The van der Waals surface area contributed by atoms with Gasteiger partial charge >= 0.3 is 0 Å². The van der Waals surface area contributed by atoms with Crippen molar-refractivity contribution in [3.05, 3.63) is 11.6 Å². The molecule has 1 aromatic rings. The molecule has 0 atom stereocenters. The molecule has 4 N–H and O–H groups in total. The average Bonchev–Trinajstić information content (AvgIpc) is 2.48. The molecule has 0 saturated heterocycles. The molecule has 0 aromatic carbocycles. The lowest BCUT2D eigenvalue weighted by Crippen LogP contribution is -2.23. The van der Waals surface area contributed by atoms with Crippen LogP contribution in [-0.4, -0.2) is 80.2 Å². The Morgan fingerprint density at radius 1 is 0.786 bits per heavy atom. The lowest BCUT2D eigenvalue weighted by Gasteiger charge is -2.09. The van der Waals surface area contributed by atoms with E-state index in [1.165, 1.54) is 0 Å². The molecule has 0 spiro atoms. The van der Waals surface area contributed by atoms with E-state index < -0.39 is 41.8 Å². The normalized spacial score (nSPS) is 12.8. The third kappa shape index (κ3) is 12.8. The molecule has 0 aliphatic rings. The van der Waals surface area contributed by atoms with Crippen molar-refractivity contribution in [1.82, 2.24) is 19.7 Å². The lowest BCUT2D eigenvalue weighted by molar-refractivity contribution is 0.479. The van der Waals surface area contributed by atoms with Crippen molar-refractivity contribution in [2.75, 3.05) is 36.2 Å². The molecular weight excluding hydrogens is 438 g/mol. The van der Waals surface area contributed by atoms with Gasteiger partial charge in [0, 0.05) is 25.9 Å². The van der Waals surface area contributed by atoms with E-state index in [4.69, 9.17) is 9.11 Å². The van der Waals surface area contributed by atoms with Gasteiger partial charge in [-0.05, 0) is 12.8 Å². The van der Waals surface area contributed by atoms with E-state index in [9.17, 15) is 25.3 Å². The van der Waals surface area contributed by atoms with E-state index in [1.807, 2.05) is 0 Å². The second kappa shape index (κ2) is 10.4. The summed E-state index contributed by atoms with van der Waals surface area (Å²) in [6.07, 6.45) is 1.86. The predicted molar refractivity (Wildman–Crippen MR) is 101 cm³/mol. The number of hydrogen-bond acceptors (Lipinski definition) is 10. The molecule has 28 heavy (non-hydrogen) atoms. The minimum atomic E-state index is -4.17. The molecule has 0 radical (unpaired) electrons. The Morgan fingerprint density at radius 3 is 1.82 bits per heavy atom. The average molecular weight is 462 g/mol. The summed E-state index contributed by atoms with van der Waals surface area (Å²) in [5, 5.41) is 2.62. The molecule has 1 aromatic heterocycles. The lowest BCUT2D eigenvalue weighted by atomic mass is 10.3. The van der Waals surface area contributed by atoms with Gasteiger partial charge in [0.05, 0.1) is 17.8 Å². The van der Waals surface area contributed by atoms with Crippen LogP contribution in [0.25, 0.3) is 0 Å². The molecule has 162 valence electrons. The maximum Gasteiger partial charge on any atom is 0.266 e. The Hall–Kier alpha value is -1.46. The summed E-state index contributed by atoms with van der Waals surface area (Å²) in [6.45, 7) is -0.00347. The van der Waals surface area contributed by atoms with Crippen molar-refractivity contribution in [3.63, 3.8) is 0 Å². The van der Waals surface area contributed by atoms with E-state index >= 15 is 0 Å². The summed E-state index contributed by atoms with van der Waals surface area (Å²) < 4.78 is 85.1. The van der Waals surface area contributed by atoms with Gasteiger partial charge in [0.25, 0.3) is 20.2 Å². The van der Waals surface area contributed by atoms with Crippen LogP contribution < -0.4 is 10.0 Å². The Labute approximate surface area is 163 Å². The van der Waals surface area contributed by atoms with Gasteiger partial charge in [-0.1, -0.05) is 0 Å². The van der Waals surface area contributed by atoms with E-state index in [1.54, 1.807) is 0 Å². The number of hydrogen-bond donors (Lipinski definition) is 4. The fraction of sp³-hybridized carbons (Fsp3) is 0.750. The predicted octanol–water partition coefficient (Wildman–Crippen LogP) is -1.53. The quantitative estimate of drug-likeness (QED) is 0.195. The fourth-order valence-corrected chi connectivity index (χ4v) is 3.36. The number of sulfonamides is 1. The highest BCUT2D eigenvalue weighted by Gasteiger charge is 2.11. The van der Waals surface area contributed by atoms with E-state index in [-0.39, 0.29) is 44.1 Å². The smallest absolute Gasteiger partial charge is 0.266 e. The number of aromatic nitrogens is 3. The van der Waals surface area contributed by atoms with Crippen LogP contribution >= 0.6 is 0 Å². The monoisotopic (exact) mass is 461 g/mol. The minimum absolute atomic E-state index is 0.0339. The van der Waals surface area contributed by atoms with Gasteiger partial charge < -0.3 is 5.32 Å². The molecule has 1 rings (SSSR count). The Bertz CT molecular complexity index is 907. The molecule has 1 heterocycles. The largest absolute Gasteiger partial charge is 0.353 e. The van der Waals surface area contributed by atoms with E-state index in [2.05, 4.69) is 25.0 Å². The molecule has 0 bridgehead atoms. The highest BCUT2D eigenvalue weighted by Crippen LogP contribution is 2.07. The molecule has 0 saturated carbocycles. The molecule has 0 aliphatic carbocycles. The second-order valence-corrected chi connectivity index (χ2v) is 10.8. The van der Waals surface area contributed by atoms with Gasteiger partial charge in [-0.25, -0.2) is 18.1 Å². The third-order valence-electron chi connectivity index (χ3n) is 3.12. The first kappa shape index (κ1) is 24.6. The van der Waals surface area contributed by atoms with Crippen LogP contribution in [0.15, 0.2) is 0 Å². The zero-order valence-corrected chi connectivity index (χ0v) is 17.5. The van der Waals surface area contributed by atoms with Gasteiger partial charge in [0.15, 0.2) is 0 Å². The Kier molecular flexibility index (Phi) is 9.09. The number of nitrogens with zero attached hydrogens (tertiary/aromatic N) is 3. The van der Waals surface area contributed by atoms with Crippen molar-refractivity contribution in [2.45, 2.75) is 25.7 Å². The van der Waals surface area contributed by atoms with Crippen molar-refractivity contribution in [3.8, 4) is 0 Å². The Balaban J connectivity index is 2.80. The Morgan fingerprint density at radius 2 is 1.32 bits per heavy atom. The maximum absolute atomic E-state index is 11.0. The summed E-state index contributed by atoms with van der Waals surface area (Å²) in [7, 11) is -11.6. The van der Waals surface area contributed by atoms with Gasteiger partial charge in [-0.3, -0.25) is 9.11 Å². The van der Waals surface area contributed by atoms with Crippen LogP contribution in [0.2, 0.25) is 0 Å². The first-order valence-electron chi connectivity index (χ1n) is 8.06. The molecular formula is C12H23N5O8S3. The maximum atomic E-state index is 11.0. The second-order valence-electron chi connectivity index (χ2n) is 5.86. The standard InChI is InChI=1S/C12H23N5O8S3/c1-26(18,19)14-6-2-4-10-15-11(5-3-8-27(20,21)22)17-12(16-10)13-7-9-28(23,24)25/h14H,2-9H2,1H3,(H,20,21,22)(H,23,24,25)(H,13,15,16,17). The van der Waals surface area contributed by atoms with Crippen LogP contribution in [-0.2, 0) is 43.1 Å². The zero-order valence-electron chi connectivity index (χ0n) is 15.1. The highest BCUT2D eigenvalue weighted by atomic mass is 32.2. The van der Waals surface area contributed by atoms with Crippen LogP contribution in [0, 0.1) is 0 Å². The van der Waals surface area contributed by atoms with Crippen molar-refractivity contribution in [1.29, 1.82) is 0 Å².